The van der Waals surface area contributed by atoms with E-state index in [1.165, 1.54) is 0 Å². The maximum Gasteiger partial charge on any atom is 0.228 e. The zero-order chi connectivity index (χ0) is 11.7. The third kappa shape index (κ3) is 2.03. The van der Waals surface area contributed by atoms with Crippen LogP contribution in [0.4, 0.5) is 5.82 Å². The first-order valence-electron chi connectivity index (χ1n) is 5.25. The fourth-order valence-corrected chi connectivity index (χ4v) is 1.95. The number of aryl methyl sites for hydroxylation is 1. The number of rotatable bonds is 2. The van der Waals surface area contributed by atoms with Gasteiger partial charge in [0.15, 0.2) is 0 Å². The topological polar surface area (TPSA) is 59.2 Å². The molecular weight excluding hydrogens is 226 g/mol. The SMILES string of the molecule is Cc1nc(N2CC(CN)CC2=O)ccc1Cl. The van der Waals surface area contributed by atoms with Gasteiger partial charge in [0.2, 0.25) is 5.91 Å². The molecule has 1 amide bonds. The summed E-state index contributed by atoms with van der Waals surface area (Å²) in [6.07, 6.45) is 0.514. The Labute approximate surface area is 99.4 Å². The third-order valence-electron chi connectivity index (χ3n) is 2.82. The van der Waals surface area contributed by atoms with E-state index >= 15 is 0 Å². The number of hydrogen-bond acceptors (Lipinski definition) is 3. The maximum atomic E-state index is 11.7. The van der Waals surface area contributed by atoms with Crippen molar-refractivity contribution in [3.8, 4) is 0 Å². The molecule has 0 aliphatic carbocycles. The van der Waals surface area contributed by atoms with Crippen molar-refractivity contribution >= 4 is 23.3 Å². The van der Waals surface area contributed by atoms with Gasteiger partial charge in [0.05, 0.1) is 10.7 Å². The van der Waals surface area contributed by atoms with Crippen molar-refractivity contribution in [1.82, 2.24) is 4.98 Å². The van der Waals surface area contributed by atoms with E-state index in [9.17, 15) is 4.79 Å². The summed E-state index contributed by atoms with van der Waals surface area (Å²) in [4.78, 5) is 17.7. The lowest BCUT2D eigenvalue weighted by Crippen LogP contribution is -2.26. The Morgan fingerprint density at radius 2 is 2.38 bits per heavy atom. The summed E-state index contributed by atoms with van der Waals surface area (Å²) in [5.41, 5.74) is 6.31. The molecule has 2 heterocycles. The normalized spacial score (nSPS) is 20.6. The van der Waals surface area contributed by atoms with Crippen molar-refractivity contribution < 1.29 is 4.79 Å². The number of hydrogen-bond donors (Lipinski definition) is 1. The Kier molecular flexibility index (Phi) is 3.12. The number of nitrogens with zero attached hydrogens (tertiary/aromatic N) is 2. The molecule has 1 unspecified atom stereocenters. The number of pyridine rings is 1. The van der Waals surface area contributed by atoms with Crippen LogP contribution < -0.4 is 10.6 Å². The predicted molar refractivity (Wildman–Crippen MR) is 63.5 cm³/mol. The number of aromatic nitrogens is 1. The van der Waals surface area contributed by atoms with Gasteiger partial charge in [0, 0.05) is 13.0 Å². The van der Waals surface area contributed by atoms with Crippen molar-refractivity contribution in [3.05, 3.63) is 22.8 Å². The van der Waals surface area contributed by atoms with Crippen LogP contribution >= 0.6 is 11.6 Å². The molecule has 86 valence electrons. The van der Waals surface area contributed by atoms with E-state index in [4.69, 9.17) is 17.3 Å². The first-order valence-corrected chi connectivity index (χ1v) is 5.63. The average molecular weight is 240 g/mol. The molecule has 1 atom stereocenters. The van der Waals surface area contributed by atoms with Gasteiger partial charge in [0.25, 0.3) is 0 Å². The second-order valence-electron chi connectivity index (χ2n) is 4.05. The van der Waals surface area contributed by atoms with E-state index in [1.54, 1.807) is 17.0 Å². The Morgan fingerprint density at radius 3 is 2.94 bits per heavy atom. The summed E-state index contributed by atoms with van der Waals surface area (Å²) in [5, 5.41) is 0.616. The van der Waals surface area contributed by atoms with Crippen LogP contribution in [0.1, 0.15) is 12.1 Å². The highest BCUT2D eigenvalue weighted by Crippen LogP contribution is 2.25. The second-order valence-corrected chi connectivity index (χ2v) is 4.45. The molecule has 0 spiro atoms. The summed E-state index contributed by atoms with van der Waals surface area (Å²) >= 11 is 5.89. The average Bonchev–Trinajstić information content (AvgIpc) is 2.64. The van der Waals surface area contributed by atoms with E-state index in [1.807, 2.05) is 6.92 Å². The van der Waals surface area contributed by atoms with E-state index in [0.29, 0.717) is 30.4 Å². The quantitative estimate of drug-likeness (QED) is 0.848. The van der Waals surface area contributed by atoms with E-state index < -0.39 is 0 Å². The molecule has 5 heteroatoms. The number of nitrogens with two attached hydrogens (primary N) is 1. The minimum Gasteiger partial charge on any atom is -0.330 e. The molecule has 0 bridgehead atoms. The maximum absolute atomic E-state index is 11.7. The fourth-order valence-electron chi connectivity index (χ4n) is 1.84. The minimum atomic E-state index is 0.0877. The summed E-state index contributed by atoms with van der Waals surface area (Å²) in [6, 6.07) is 3.54. The van der Waals surface area contributed by atoms with Crippen LogP contribution in [0.25, 0.3) is 0 Å². The zero-order valence-electron chi connectivity index (χ0n) is 9.11. The van der Waals surface area contributed by atoms with Crippen molar-refractivity contribution in [3.63, 3.8) is 0 Å². The van der Waals surface area contributed by atoms with Gasteiger partial charge in [-0.05, 0) is 31.5 Å². The van der Waals surface area contributed by atoms with Crippen LogP contribution in [-0.4, -0.2) is 24.0 Å². The molecule has 1 aromatic heterocycles. The van der Waals surface area contributed by atoms with Gasteiger partial charge >= 0.3 is 0 Å². The fraction of sp³-hybridized carbons (Fsp3) is 0.455. The molecule has 1 aliphatic rings. The van der Waals surface area contributed by atoms with Gasteiger partial charge in [-0.25, -0.2) is 4.98 Å². The van der Waals surface area contributed by atoms with Crippen LogP contribution in [0.3, 0.4) is 0 Å². The summed E-state index contributed by atoms with van der Waals surface area (Å²) in [6.45, 7) is 3.02. The van der Waals surface area contributed by atoms with Crippen molar-refractivity contribution in [2.45, 2.75) is 13.3 Å². The molecule has 1 saturated heterocycles. The number of carbonyl (C=O) groups excluding carboxylic acids is 1. The lowest BCUT2D eigenvalue weighted by atomic mass is 10.1. The number of anilines is 1. The first-order chi connectivity index (χ1) is 7.61. The minimum absolute atomic E-state index is 0.0877. The van der Waals surface area contributed by atoms with Gasteiger partial charge in [-0.2, -0.15) is 0 Å². The highest BCUT2D eigenvalue weighted by atomic mass is 35.5. The van der Waals surface area contributed by atoms with Gasteiger partial charge < -0.3 is 5.73 Å². The van der Waals surface area contributed by atoms with Crippen molar-refractivity contribution in [2.24, 2.45) is 11.7 Å². The van der Waals surface area contributed by atoms with E-state index in [2.05, 4.69) is 4.98 Å². The van der Waals surface area contributed by atoms with Crippen LogP contribution in [0, 0.1) is 12.8 Å². The largest absolute Gasteiger partial charge is 0.330 e. The molecule has 1 aromatic rings. The van der Waals surface area contributed by atoms with Gasteiger partial charge in [-0.3, -0.25) is 9.69 Å². The third-order valence-corrected chi connectivity index (χ3v) is 3.22. The number of carbonyl (C=O) groups is 1. The monoisotopic (exact) mass is 239 g/mol. The highest BCUT2D eigenvalue weighted by molar-refractivity contribution is 6.31. The molecule has 0 saturated carbocycles. The Hall–Kier alpha value is -1.13. The first kappa shape index (κ1) is 11.4. The Balaban J connectivity index is 2.24. The predicted octanol–water partition coefficient (Wildman–Crippen LogP) is 1.36. The van der Waals surface area contributed by atoms with Crippen LogP contribution in [0.2, 0.25) is 5.02 Å². The lowest BCUT2D eigenvalue weighted by Gasteiger charge is -2.16. The van der Waals surface area contributed by atoms with Crippen LogP contribution in [0.15, 0.2) is 12.1 Å². The van der Waals surface area contributed by atoms with Crippen molar-refractivity contribution in [1.29, 1.82) is 0 Å². The summed E-state index contributed by atoms with van der Waals surface area (Å²) in [5.74, 6) is 0.998. The van der Waals surface area contributed by atoms with Gasteiger partial charge in [0.1, 0.15) is 5.82 Å². The van der Waals surface area contributed by atoms with Gasteiger partial charge in [-0.15, -0.1) is 0 Å². The Bertz CT molecular complexity index is 422. The molecule has 1 fully saturated rings. The summed E-state index contributed by atoms with van der Waals surface area (Å²) in [7, 11) is 0. The molecule has 0 radical (unpaired) electrons. The molecule has 4 nitrogen and oxygen atoms in total. The Morgan fingerprint density at radius 1 is 1.62 bits per heavy atom. The number of amides is 1. The molecule has 0 aromatic carbocycles. The lowest BCUT2D eigenvalue weighted by molar-refractivity contribution is -0.117. The van der Waals surface area contributed by atoms with Crippen molar-refractivity contribution in [2.75, 3.05) is 18.0 Å². The summed E-state index contributed by atoms with van der Waals surface area (Å²) < 4.78 is 0. The zero-order valence-corrected chi connectivity index (χ0v) is 9.87. The van der Waals surface area contributed by atoms with E-state index in [0.717, 1.165) is 5.69 Å². The molecule has 16 heavy (non-hydrogen) atoms. The van der Waals surface area contributed by atoms with Crippen LogP contribution in [-0.2, 0) is 4.79 Å². The van der Waals surface area contributed by atoms with Gasteiger partial charge in [-0.1, -0.05) is 11.6 Å². The molecular formula is C11H14ClN3O. The smallest absolute Gasteiger partial charge is 0.228 e. The second kappa shape index (κ2) is 4.39. The number of halogens is 1. The standard InChI is InChI=1S/C11H14ClN3O/c1-7-9(12)2-3-10(14-7)15-6-8(5-13)4-11(15)16/h2-3,8H,4-6,13H2,1H3. The molecule has 2 N–H and O–H groups in total. The highest BCUT2D eigenvalue weighted by Gasteiger charge is 2.30. The molecule has 2 rings (SSSR count). The molecule has 1 aliphatic heterocycles. The van der Waals surface area contributed by atoms with E-state index in [-0.39, 0.29) is 11.8 Å². The van der Waals surface area contributed by atoms with Crippen LogP contribution in [0.5, 0.6) is 0 Å².